The average Bonchev–Trinajstić information content (AvgIpc) is 3.01. The first-order valence-corrected chi connectivity index (χ1v) is 7.50. The maximum Gasteiger partial charge on any atom is 0.139 e. The van der Waals surface area contributed by atoms with Crippen molar-refractivity contribution in [1.82, 2.24) is 9.88 Å². The minimum Gasteiger partial charge on any atom is -0.464 e. The van der Waals surface area contributed by atoms with Crippen molar-refractivity contribution in [3.8, 4) is 0 Å². The molecule has 0 bridgehead atoms. The maximum atomic E-state index is 5.42. The molecule has 1 N–H and O–H groups in total. The van der Waals surface area contributed by atoms with Crippen LogP contribution in [0.2, 0.25) is 0 Å². The molecule has 2 heterocycles. The van der Waals surface area contributed by atoms with Gasteiger partial charge in [0.1, 0.15) is 11.4 Å². The second-order valence-electron chi connectivity index (χ2n) is 5.68. The molecular weight excluding hydrogens is 274 g/mol. The Hall–Kier alpha value is -2.33. The van der Waals surface area contributed by atoms with E-state index in [1.807, 2.05) is 12.1 Å². The molecule has 4 nitrogen and oxygen atoms in total. The SMILES string of the molecule is CN(C)C(CNc1nccc2occc12)Cc1ccccc1. The average molecular weight is 295 g/mol. The van der Waals surface area contributed by atoms with Crippen LogP contribution in [-0.2, 0) is 6.42 Å². The van der Waals surface area contributed by atoms with E-state index in [1.165, 1.54) is 5.56 Å². The summed E-state index contributed by atoms with van der Waals surface area (Å²) in [6.07, 6.45) is 4.48. The zero-order valence-corrected chi connectivity index (χ0v) is 13.0. The van der Waals surface area contributed by atoms with Crippen LogP contribution in [0.4, 0.5) is 5.82 Å². The van der Waals surface area contributed by atoms with Crippen molar-refractivity contribution in [3.63, 3.8) is 0 Å². The Morgan fingerprint density at radius 3 is 2.73 bits per heavy atom. The van der Waals surface area contributed by atoms with E-state index in [0.717, 1.165) is 29.8 Å². The molecule has 1 unspecified atom stereocenters. The van der Waals surface area contributed by atoms with Gasteiger partial charge < -0.3 is 14.6 Å². The number of nitrogens with one attached hydrogen (secondary N) is 1. The number of fused-ring (bicyclic) bond motifs is 1. The van der Waals surface area contributed by atoms with Crippen LogP contribution in [-0.4, -0.2) is 36.6 Å². The smallest absolute Gasteiger partial charge is 0.139 e. The van der Waals surface area contributed by atoms with Gasteiger partial charge in [-0.15, -0.1) is 0 Å². The third-order valence-corrected chi connectivity index (χ3v) is 3.93. The van der Waals surface area contributed by atoms with Crippen molar-refractivity contribution < 1.29 is 4.42 Å². The van der Waals surface area contributed by atoms with Crippen LogP contribution >= 0.6 is 0 Å². The quantitative estimate of drug-likeness (QED) is 0.756. The highest BCUT2D eigenvalue weighted by Crippen LogP contribution is 2.21. The normalized spacial score (nSPS) is 12.7. The molecule has 2 aromatic heterocycles. The second kappa shape index (κ2) is 6.62. The van der Waals surface area contributed by atoms with E-state index in [2.05, 4.69) is 59.6 Å². The Balaban J connectivity index is 1.70. The van der Waals surface area contributed by atoms with E-state index in [0.29, 0.717) is 6.04 Å². The Morgan fingerprint density at radius 1 is 1.14 bits per heavy atom. The fourth-order valence-corrected chi connectivity index (χ4v) is 2.57. The molecule has 3 aromatic rings. The fraction of sp³-hybridized carbons (Fsp3) is 0.278. The van der Waals surface area contributed by atoms with E-state index in [9.17, 15) is 0 Å². The van der Waals surface area contributed by atoms with Gasteiger partial charge in [0.25, 0.3) is 0 Å². The number of rotatable bonds is 6. The van der Waals surface area contributed by atoms with Crippen LogP contribution in [0, 0.1) is 0 Å². The van der Waals surface area contributed by atoms with Gasteiger partial charge in [0, 0.05) is 18.8 Å². The van der Waals surface area contributed by atoms with Crippen LogP contribution in [0.15, 0.2) is 59.3 Å². The predicted molar refractivity (Wildman–Crippen MR) is 90.1 cm³/mol. The fourth-order valence-electron chi connectivity index (χ4n) is 2.57. The maximum absolute atomic E-state index is 5.42. The van der Waals surface area contributed by atoms with Crippen molar-refractivity contribution in [1.29, 1.82) is 0 Å². The lowest BCUT2D eigenvalue weighted by Crippen LogP contribution is -2.36. The van der Waals surface area contributed by atoms with E-state index >= 15 is 0 Å². The van der Waals surface area contributed by atoms with Gasteiger partial charge in [0.2, 0.25) is 0 Å². The van der Waals surface area contributed by atoms with Crippen LogP contribution in [0.5, 0.6) is 0 Å². The molecule has 4 heteroatoms. The number of benzene rings is 1. The highest BCUT2D eigenvalue weighted by molar-refractivity contribution is 5.87. The van der Waals surface area contributed by atoms with Gasteiger partial charge in [0.15, 0.2) is 0 Å². The van der Waals surface area contributed by atoms with Crippen molar-refractivity contribution in [2.45, 2.75) is 12.5 Å². The first-order valence-electron chi connectivity index (χ1n) is 7.50. The van der Waals surface area contributed by atoms with Crippen LogP contribution in [0.1, 0.15) is 5.56 Å². The molecule has 0 aliphatic rings. The van der Waals surface area contributed by atoms with Crippen molar-refractivity contribution >= 4 is 16.8 Å². The third kappa shape index (κ3) is 3.28. The van der Waals surface area contributed by atoms with Gasteiger partial charge in [-0.3, -0.25) is 0 Å². The third-order valence-electron chi connectivity index (χ3n) is 3.93. The van der Waals surface area contributed by atoms with E-state index < -0.39 is 0 Å². The first kappa shape index (κ1) is 14.6. The summed E-state index contributed by atoms with van der Waals surface area (Å²) in [4.78, 5) is 6.67. The van der Waals surface area contributed by atoms with Gasteiger partial charge in [-0.1, -0.05) is 30.3 Å². The zero-order valence-electron chi connectivity index (χ0n) is 13.0. The standard InChI is InChI=1S/C18H21N3O/c1-21(2)15(12-14-6-4-3-5-7-14)13-20-18-16-9-11-22-17(16)8-10-19-18/h3-11,15H,12-13H2,1-2H3,(H,19,20). The number of aromatic nitrogens is 1. The van der Waals surface area contributed by atoms with Gasteiger partial charge in [-0.2, -0.15) is 0 Å². The summed E-state index contributed by atoms with van der Waals surface area (Å²) >= 11 is 0. The van der Waals surface area contributed by atoms with Gasteiger partial charge in [-0.25, -0.2) is 4.98 Å². The molecule has 0 spiro atoms. The first-order chi connectivity index (χ1) is 10.7. The number of nitrogens with zero attached hydrogens (tertiary/aromatic N) is 2. The summed E-state index contributed by atoms with van der Waals surface area (Å²) in [5.74, 6) is 0.881. The summed E-state index contributed by atoms with van der Waals surface area (Å²) in [6, 6.07) is 14.8. The largest absolute Gasteiger partial charge is 0.464 e. The molecule has 0 radical (unpaired) electrons. The Bertz CT molecular complexity index is 721. The minimum atomic E-state index is 0.395. The highest BCUT2D eigenvalue weighted by Gasteiger charge is 2.13. The van der Waals surface area contributed by atoms with E-state index in [1.54, 1.807) is 12.5 Å². The van der Waals surface area contributed by atoms with Crippen molar-refractivity contribution in [2.75, 3.05) is 26.0 Å². The lowest BCUT2D eigenvalue weighted by atomic mass is 10.1. The molecule has 114 valence electrons. The lowest BCUT2D eigenvalue weighted by molar-refractivity contribution is 0.303. The molecule has 0 saturated carbocycles. The number of likely N-dealkylation sites (N-methyl/N-ethyl adjacent to an activating group) is 1. The van der Waals surface area contributed by atoms with Gasteiger partial charge in [0.05, 0.1) is 11.6 Å². The monoisotopic (exact) mass is 295 g/mol. The number of hydrogen-bond acceptors (Lipinski definition) is 4. The number of pyridine rings is 1. The van der Waals surface area contributed by atoms with Crippen LogP contribution in [0.25, 0.3) is 11.0 Å². The lowest BCUT2D eigenvalue weighted by Gasteiger charge is -2.25. The van der Waals surface area contributed by atoms with Crippen LogP contribution < -0.4 is 5.32 Å². The summed E-state index contributed by atoms with van der Waals surface area (Å²) < 4.78 is 5.42. The molecule has 0 aliphatic carbocycles. The zero-order chi connectivity index (χ0) is 15.4. The minimum absolute atomic E-state index is 0.395. The van der Waals surface area contributed by atoms with E-state index in [4.69, 9.17) is 4.42 Å². The predicted octanol–water partition coefficient (Wildman–Crippen LogP) is 3.41. The number of hydrogen-bond donors (Lipinski definition) is 1. The molecule has 0 saturated heterocycles. The molecule has 22 heavy (non-hydrogen) atoms. The van der Waals surface area contributed by atoms with Crippen LogP contribution in [0.3, 0.4) is 0 Å². The Kier molecular flexibility index (Phi) is 4.39. The number of anilines is 1. The topological polar surface area (TPSA) is 41.3 Å². The molecule has 0 amide bonds. The molecule has 0 aliphatic heterocycles. The van der Waals surface area contributed by atoms with Gasteiger partial charge in [-0.05, 0) is 38.2 Å². The van der Waals surface area contributed by atoms with Crippen molar-refractivity contribution in [3.05, 3.63) is 60.5 Å². The Morgan fingerprint density at radius 2 is 1.95 bits per heavy atom. The summed E-state index contributed by atoms with van der Waals surface area (Å²) in [6.45, 7) is 0.833. The van der Waals surface area contributed by atoms with Gasteiger partial charge >= 0.3 is 0 Å². The molecule has 3 rings (SSSR count). The Labute approximate surface area is 130 Å². The molecule has 0 fully saturated rings. The van der Waals surface area contributed by atoms with E-state index in [-0.39, 0.29) is 0 Å². The summed E-state index contributed by atoms with van der Waals surface area (Å²) in [5.41, 5.74) is 2.21. The van der Waals surface area contributed by atoms with Crippen molar-refractivity contribution in [2.24, 2.45) is 0 Å². The molecule has 1 atom stereocenters. The number of furan rings is 1. The highest BCUT2D eigenvalue weighted by atomic mass is 16.3. The summed E-state index contributed by atoms with van der Waals surface area (Å²) in [7, 11) is 4.22. The summed E-state index contributed by atoms with van der Waals surface area (Å²) in [5, 5.41) is 4.49. The molecule has 1 aromatic carbocycles. The molecular formula is C18H21N3O. The second-order valence-corrected chi connectivity index (χ2v) is 5.68.